The lowest BCUT2D eigenvalue weighted by molar-refractivity contribution is -0.133. The summed E-state index contributed by atoms with van der Waals surface area (Å²) in [5.74, 6) is 0.857. The molecule has 1 aromatic rings. The summed E-state index contributed by atoms with van der Waals surface area (Å²) < 4.78 is 10.1. The summed E-state index contributed by atoms with van der Waals surface area (Å²) in [7, 11) is 1.65. The quantitative estimate of drug-likeness (QED) is 0.685. The molecule has 2 rings (SSSR count). The fraction of sp³-hybridized carbons (Fsp3) is 0.364. The molecule has 1 aliphatic rings. The van der Waals surface area contributed by atoms with Gasteiger partial charge in [0.1, 0.15) is 11.9 Å². The molecule has 3 nitrogen and oxygen atoms in total. The van der Waals surface area contributed by atoms with Crippen LogP contribution in [0.1, 0.15) is 23.7 Å². The first-order valence-corrected chi connectivity index (χ1v) is 4.61. The summed E-state index contributed by atoms with van der Waals surface area (Å²) in [6.45, 7) is 0.518. The molecular formula is C11H12O3. The van der Waals surface area contributed by atoms with Crippen LogP contribution in [0.4, 0.5) is 0 Å². The highest BCUT2D eigenvalue weighted by molar-refractivity contribution is 5.44. The van der Waals surface area contributed by atoms with Crippen LogP contribution in [0.3, 0.4) is 0 Å². The summed E-state index contributed by atoms with van der Waals surface area (Å²) in [5, 5.41) is 0. The Morgan fingerprint density at radius 3 is 3.07 bits per heavy atom. The van der Waals surface area contributed by atoms with Gasteiger partial charge in [0.15, 0.2) is 0 Å². The zero-order chi connectivity index (χ0) is 9.97. The van der Waals surface area contributed by atoms with Gasteiger partial charge in [0.25, 0.3) is 6.47 Å². The van der Waals surface area contributed by atoms with E-state index < -0.39 is 0 Å². The van der Waals surface area contributed by atoms with Gasteiger partial charge in [0, 0.05) is 0 Å². The second-order valence-corrected chi connectivity index (χ2v) is 3.32. The van der Waals surface area contributed by atoms with E-state index in [-0.39, 0.29) is 6.10 Å². The molecule has 0 bridgehead atoms. The summed E-state index contributed by atoms with van der Waals surface area (Å²) in [6, 6.07) is 5.87. The standard InChI is InChI=1S/C11H12O3/c1-13-9-3-4-10-8(6-9)2-5-11(10)14-7-12/h3-4,6-7,11H,2,5H2,1H3. The Kier molecular flexibility index (Phi) is 2.39. The van der Waals surface area contributed by atoms with Crippen molar-refractivity contribution in [1.29, 1.82) is 0 Å². The number of ether oxygens (including phenoxy) is 2. The molecule has 3 heteroatoms. The van der Waals surface area contributed by atoms with E-state index >= 15 is 0 Å². The van der Waals surface area contributed by atoms with E-state index in [1.807, 2.05) is 18.2 Å². The van der Waals surface area contributed by atoms with E-state index in [2.05, 4.69) is 0 Å². The van der Waals surface area contributed by atoms with Crippen molar-refractivity contribution in [3.63, 3.8) is 0 Å². The lowest BCUT2D eigenvalue weighted by atomic mass is 10.1. The number of hydrogen-bond donors (Lipinski definition) is 0. The minimum Gasteiger partial charge on any atom is -0.497 e. The first-order chi connectivity index (χ1) is 6.85. The van der Waals surface area contributed by atoms with Crippen molar-refractivity contribution in [2.75, 3.05) is 7.11 Å². The van der Waals surface area contributed by atoms with Crippen molar-refractivity contribution in [2.45, 2.75) is 18.9 Å². The molecule has 1 atom stereocenters. The molecular weight excluding hydrogens is 180 g/mol. The second kappa shape index (κ2) is 3.70. The third-order valence-electron chi connectivity index (χ3n) is 2.59. The lowest BCUT2D eigenvalue weighted by Gasteiger charge is -2.09. The third kappa shape index (κ3) is 1.45. The molecule has 0 saturated carbocycles. The van der Waals surface area contributed by atoms with Crippen molar-refractivity contribution in [2.24, 2.45) is 0 Å². The smallest absolute Gasteiger partial charge is 0.293 e. The molecule has 0 heterocycles. The highest BCUT2D eigenvalue weighted by Gasteiger charge is 2.23. The van der Waals surface area contributed by atoms with Gasteiger partial charge < -0.3 is 9.47 Å². The van der Waals surface area contributed by atoms with Crippen LogP contribution in [-0.4, -0.2) is 13.6 Å². The summed E-state index contributed by atoms with van der Waals surface area (Å²) in [6.07, 6.45) is 1.76. The number of aryl methyl sites for hydroxylation is 1. The van der Waals surface area contributed by atoms with Gasteiger partial charge in [-0.05, 0) is 36.1 Å². The number of hydrogen-bond acceptors (Lipinski definition) is 3. The fourth-order valence-corrected chi connectivity index (χ4v) is 1.89. The molecule has 0 spiro atoms. The fourth-order valence-electron chi connectivity index (χ4n) is 1.89. The first kappa shape index (κ1) is 9.06. The SMILES string of the molecule is COc1ccc2c(c1)CCC2OC=O. The van der Waals surface area contributed by atoms with E-state index in [0.29, 0.717) is 6.47 Å². The van der Waals surface area contributed by atoms with Crippen molar-refractivity contribution in [1.82, 2.24) is 0 Å². The number of fused-ring (bicyclic) bond motifs is 1. The topological polar surface area (TPSA) is 35.5 Å². The summed E-state index contributed by atoms with van der Waals surface area (Å²) in [4.78, 5) is 10.2. The summed E-state index contributed by atoms with van der Waals surface area (Å²) in [5.41, 5.74) is 2.33. The Bertz CT molecular complexity index is 346. The number of rotatable bonds is 3. The van der Waals surface area contributed by atoms with Crippen molar-refractivity contribution < 1.29 is 14.3 Å². The first-order valence-electron chi connectivity index (χ1n) is 4.61. The number of methoxy groups -OCH3 is 1. The van der Waals surface area contributed by atoms with Gasteiger partial charge in [-0.1, -0.05) is 6.07 Å². The largest absolute Gasteiger partial charge is 0.497 e. The maximum absolute atomic E-state index is 10.2. The third-order valence-corrected chi connectivity index (χ3v) is 2.59. The molecule has 14 heavy (non-hydrogen) atoms. The summed E-state index contributed by atoms with van der Waals surface area (Å²) >= 11 is 0. The molecule has 0 aliphatic heterocycles. The second-order valence-electron chi connectivity index (χ2n) is 3.32. The van der Waals surface area contributed by atoms with Gasteiger partial charge in [-0.15, -0.1) is 0 Å². The normalized spacial score (nSPS) is 18.8. The van der Waals surface area contributed by atoms with E-state index in [1.54, 1.807) is 7.11 Å². The Hall–Kier alpha value is -1.51. The number of benzene rings is 1. The van der Waals surface area contributed by atoms with Crippen LogP contribution in [0, 0.1) is 0 Å². The highest BCUT2D eigenvalue weighted by atomic mass is 16.5. The van der Waals surface area contributed by atoms with Crippen LogP contribution in [0.5, 0.6) is 5.75 Å². The van der Waals surface area contributed by atoms with Crippen molar-refractivity contribution in [3.05, 3.63) is 29.3 Å². The van der Waals surface area contributed by atoms with Gasteiger partial charge >= 0.3 is 0 Å². The maximum atomic E-state index is 10.2. The van der Waals surface area contributed by atoms with Gasteiger partial charge in [0.05, 0.1) is 7.11 Å². The van der Waals surface area contributed by atoms with Crippen molar-refractivity contribution >= 4 is 6.47 Å². The van der Waals surface area contributed by atoms with Crippen LogP contribution in [0.15, 0.2) is 18.2 Å². The molecule has 0 amide bonds. The Balaban J connectivity index is 2.28. The average molecular weight is 192 g/mol. The Morgan fingerprint density at radius 1 is 1.50 bits per heavy atom. The molecule has 0 N–H and O–H groups in total. The minimum absolute atomic E-state index is 0.0617. The van der Waals surface area contributed by atoms with Crippen molar-refractivity contribution in [3.8, 4) is 5.75 Å². The minimum atomic E-state index is -0.0617. The molecule has 1 aromatic carbocycles. The molecule has 0 saturated heterocycles. The molecule has 1 aliphatic carbocycles. The predicted molar refractivity (Wildman–Crippen MR) is 51.2 cm³/mol. The van der Waals surface area contributed by atoms with Gasteiger partial charge in [-0.3, -0.25) is 4.79 Å². The van der Waals surface area contributed by atoms with Gasteiger partial charge in [-0.2, -0.15) is 0 Å². The zero-order valence-electron chi connectivity index (χ0n) is 8.03. The highest BCUT2D eigenvalue weighted by Crippen LogP contribution is 2.35. The van der Waals surface area contributed by atoms with E-state index in [4.69, 9.17) is 9.47 Å². The van der Waals surface area contributed by atoms with Crippen LogP contribution < -0.4 is 4.74 Å². The molecule has 74 valence electrons. The Labute approximate surface area is 82.6 Å². The van der Waals surface area contributed by atoms with Crippen LogP contribution in [0.25, 0.3) is 0 Å². The Morgan fingerprint density at radius 2 is 2.36 bits per heavy atom. The zero-order valence-corrected chi connectivity index (χ0v) is 8.03. The van der Waals surface area contributed by atoms with Gasteiger partial charge in [0.2, 0.25) is 0 Å². The van der Waals surface area contributed by atoms with E-state index in [9.17, 15) is 4.79 Å². The maximum Gasteiger partial charge on any atom is 0.293 e. The monoisotopic (exact) mass is 192 g/mol. The van der Waals surface area contributed by atoms with Gasteiger partial charge in [-0.25, -0.2) is 0 Å². The van der Waals surface area contributed by atoms with Crippen LogP contribution in [-0.2, 0) is 16.0 Å². The van der Waals surface area contributed by atoms with E-state index in [0.717, 1.165) is 24.2 Å². The van der Waals surface area contributed by atoms with Crippen LogP contribution in [0.2, 0.25) is 0 Å². The average Bonchev–Trinajstić information content (AvgIpc) is 2.61. The number of carbonyl (C=O) groups excluding carboxylic acids is 1. The number of carbonyl (C=O) groups is 1. The lowest BCUT2D eigenvalue weighted by Crippen LogP contribution is -1.97. The molecule has 0 radical (unpaired) electrons. The van der Waals surface area contributed by atoms with E-state index in [1.165, 1.54) is 5.56 Å². The predicted octanol–water partition coefficient (Wildman–Crippen LogP) is 1.86. The molecule has 0 fully saturated rings. The molecule has 1 unspecified atom stereocenters. The van der Waals surface area contributed by atoms with Crippen LogP contribution >= 0.6 is 0 Å². The molecule has 0 aromatic heterocycles.